The van der Waals surface area contributed by atoms with E-state index in [0.717, 1.165) is 28.0 Å². The molecule has 5 heteroatoms. The van der Waals surface area contributed by atoms with Gasteiger partial charge in [0.2, 0.25) is 0 Å². The zero-order chi connectivity index (χ0) is 15.0. The van der Waals surface area contributed by atoms with E-state index < -0.39 is 0 Å². The first-order chi connectivity index (χ1) is 9.98. The summed E-state index contributed by atoms with van der Waals surface area (Å²) in [5, 5.41) is -0.106. The van der Waals surface area contributed by atoms with E-state index in [1.807, 2.05) is 19.2 Å². The number of hydrogen-bond acceptors (Lipinski definition) is 2. The molecule has 1 unspecified atom stereocenters. The number of fused-ring (bicyclic) bond motifs is 1. The van der Waals surface area contributed by atoms with E-state index in [1.165, 1.54) is 32.1 Å². The molecule has 1 atom stereocenters. The van der Waals surface area contributed by atoms with Gasteiger partial charge in [-0.25, -0.2) is 9.97 Å². The zero-order valence-corrected chi connectivity index (χ0v) is 14.9. The van der Waals surface area contributed by atoms with E-state index in [2.05, 4.69) is 32.4 Å². The van der Waals surface area contributed by atoms with Crippen LogP contribution in [0.25, 0.3) is 11.2 Å². The highest BCUT2D eigenvalue weighted by atomic mass is 79.9. The largest absolute Gasteiger partial charge is 0.311 e. The van der Waals surface area contributed by atoms with E-state index in [1.54, 1.807) is 0 Å². The summed E-state index contributed by atoms with van der Waals surface area (Å²) in [5.74, 6) is 0.934. The normalized spacial score (nSPS) is 19.8. The lowest BCUT2D eigenvalue weighted by molar-refractivity contribution is 0.183. The first-order valence-electron chi connectivity index (χ1n) is 7.64. The lowest BCUT2D eigenvalue weighted by Gasteiger charge is -2.34. The number of alkyl halides is 1. The van der Waals surface area contributed by atoms with E-state index in [-0.39, 0.29) is 5.38 Å². The Bertz CT molecular complexity index is 644. The SMILES string of the molecule is CC(Cl)c1nc2cc(Br)cnc2n1CC1(C)CCCCC1. The third-order valence-electron chi connectivity index (χ3n) is 4.54. The van der Waals surface area contributed by atoms with Gasteiger partial charge in [0.25, 0.3) is 0 Å². The fourth-order valence-electron chi connectivity index (χ4n) is 3.41. The molecule has 1 fully saturated rings. The number of nitrogens with zero attached hydrogens (tertiary/aromatic N) is 3. The maximum atomic E-state index is 6.36. The maximum absolute atomic E-state index is 6.36. The smallest absolute Gasteiger partial charge is 0.160 e. The van der Waals surface area contributed by atoms with E-state index >= 15 is 0 Å². The summed E-state index contributed by atoms with van der Waals surface area (Å²) in [6, 6.07) is 2.02. The minimum Gasteiger partial charge on any atom is -0.311 e. The molecule has 21 heavy (non-hydrogen) atoms. The van der Waals surface area contributed by atoms with Gasteiger partial charge >= 0.3 is 0 Å². The summed E-state index contributed by atoms with van der Waals surface area (Å²) in [7, 11) is 0. The Balaban J connectivity index is 2.04. The summed E-state index contributed by atoms with van der Waals surface area (Å²) >= 11 is 9.83. The van der Waals surface area contributed by atoms with Crippen molar-refractivity contribution in [1.29, 1.82) is 0 Å². The molecule has 3 rings (SSSR count). The van der Waals surface area contributed by atoms with Gasteiger partial charge in [-0.05, 0) is 47.2 Å². The summed E-state index contributed by atoms with van der Waals surface area (Å²) < 4.78 is 3.20. The van der Waals surface area contributed by atoms with E-state index in [4.69, 9.17) is 16.6 Å². The van der Waals surface area contributed by atoms with Crippen LogP contribution in [0.15, 0.2) is 16.7 Å². The molecule has 0 spiro atoms. The lowest BCUT2D eigenvalue weighted by Crippen LogP contribution is -2.27. The van der Waals surface area contributed by atoms with Crippen LogP contribution in [-0.4, -0.2) is 14.5 Å². The first-order valence-corrected chi connectivity index (χ1v) is 8.87. The number of imidazole rings is 1. The van der Waals surface area contributed by atoms with Crippen LogP contribution in [0.5, 0.6) is 0 Å². The van der Waals surface area contributed by atoms with Crippen LogP contribution in [0, 0.1) is 5.41 Å². The Morgan fingerprint density at radius 3 is 2.76 bits per heavy atom. The summed E-state index contributed by atoms with van der Waals surface area (Å²) in [4.78, 5) is 9.28. The van der Waals surface area contributed by atoms with Gasteiger partial charge in [-0.15, -0.1) is 11.6 Å². The molecule has 0 aliphatic heterocycles. The molecule has 1 aliphatic carbocycles. The van der Waals surface area contributed by atoms with Crippen molar-refractivity contribution in [3.05, 3.63) is 22.6 Å². The second-order valence-corrected chi connectivity index (χ2v) is 8.11. The fourth-order valence-corrected chi connectivity index (χ4v) is 3.89. The van der Waals surface area contributed by atoms with Crippen LogP contribution < -0.4 is 0 Å². The summed E-state index contributed by atoms with van der Waals surface area (Å²) in [5.41, 5.74) is 2.21. The summed E-state index contributed by atoms with van der Waals surface area (Å²) in [6.07, 6.45) is 8.41. The van der Waals surface area contributed by atoms with Crippen molar-refractivity contribution in [2.45, 2.75) is 57.9 Å². The van der Waals surface area contributed by atoms with Crippen molar-refractivity contribution in [2.24, 2.45) is 5.41 Å². The molecule has 0 radical (unpaired) electrons. The van der Waals surface area contributed by atoms with Crippen LogP contribution in [0.4, 0.5) is 0 Å². The van der Waals surface area contributed by atoms with Gasteiger partial charge in [0.15, 0.2) is 5.65 Å². The van der Waals surface area contributed by atoms with E-state index in [9.17, 15) is 0 Å². The molecule has 0 N–H and O–H groups in total. The number of halogens is 2. The van der Waals surface area contributed by atoms with Crippen LogP contribution >= 0.6 is 27.5 Å². The van der Waals surface area contributed by atoms with Gasteiger partial charge in [-0.2, -0.15) is 0 Å². The van der Waals surface area contributed by atoms with Crippen LogP contribution in [0.3, 0.4) is 0 Å². The van der Waals surface area contributed by atoms with Gasteiger partial charge in [-0.3, -0.25) is 0 Å². The van der Waals surface area contributed by atoms with Crippen molar-refractivity contribution in [3.63, 3.8) is 0 Å². The number of aromatic nitrogens is 3. The Morgan fingerprint density at radius 2 is 2.10 bits per heavy atom. The highest BCUT2D eigenvalue weighted by Gasteiger charge is 2.29. The molecule has 0 aromatic carbocycles. The number of rotatable bonds is 3. The van der Waals surface area contributed by atoms with Gasteiger partial charge in [-0.1, -0.05) is 26.2 Å². The van der Waals surface area contributed by atoms with Crippen LogP contribution in [0.2, 0.25) is 0 Å². The molecule has 2 heterocycles. The van der Waals surface area contributed by atoms with Gasteiger partial charge < -0.3 is 4.57 Å². The molecule has 1 aliphatic rings. The third kappa shape index (κ3) is 3.11. The molecule has 0 saturated heterocycles. The highest BCUT2D eigenvalue weighted by Crippen LogP contribution is 2.39. The lowest BCUT2D eigenvalue weighted by atomic mass is 9.75. The average molecular weight is 371 g/mol. The van der Waals surface area contributed by atoms with Gasteiger partial charge in [0.05, 0.1) is 5.38 Å². The van der Waals surface area contributed by atoms with Crippen molar-refractivity contribution < 1.29 is 0 Å². The van der Waals surface area contributed by atoms with Crippen molar-refractivity contribution >= 4 is 38.7 Å². The number of hydrogen-bond donors (Lipinski definition) is 0. The van der Waals surface area contributed by atoms with Gasteiger partial charge in [0, 0.05) is 17.2 Å². The first kappa shape index (κ1) is 15.3. The minimum atomic E-state index is -0.106. The Labute approximate surface area is 139 Å². The predicted octanol–water partition coefficient (Wildman–Crippen LogP) is 5.46. The molecular weight excluding hydrogens is 350 g/mol. The van der Waals surface area contributed by atoms with E-state index in [0.29, 0.717) is 5.41 Å². The standard InChI is InChI=1S/C16H21BrClN3/c1-11(18)14-20-13-8-12(17)9-19-15(13)21(14)10-16(2)6-4-3-5-7-16/h8-9,11H,3-7,10H2,1-2H3. The van der Waals surface area contributed by atoms with Crippen LogP contribution in [-0.2, 0) is 6.54 Å². The quantitative estimate of drug-likeness (QED) is 0.671. The zero-order valence-electron chi connectivity index (χ0n) is 12.6. The number of pyridine rings is 1. The molecule has 0 amide bonds. The fraction of sp³-hybridized carbons (Fsp3) is 0.625. The monoisotopic (exact) mass is 369 g/mol. The molecule has 114 valence electrons. The highest BCUT2D eigenvalue weighted by molar-refractivity contribution is 9.10. The van der Waals surface area contributed by atoms with Gasteiger partial charge in [0.1, 0.15) is 11.3 Å². The van der Waals surface area contributed by atoms with Crippen molar-refractivity contribution in [3.8, 4) is 0 Å². The van der Waals surface area contributed by atoms with Crippen LogP contribution in [0.1, 0.15) is 57.2 Å². The van der Waals surface area contributed by atoms with Crippen molar-refractivity contribution in [1.82, 2.24) is 14.5 Å². The topological polar surface area (TPSA) is 30.7 Å². The predicted molar refractivity (Wildman–Crippen MR) is 90.7 cm³/mol. The molecule has 1 saturated carbocycles. The summed E-state index contributed by atoms with van der Waals surface area (Å²) in [6.45, 7) is 5.33. The molecular formula is C16H21BrClN3. The third-order valence-corrected chi connectivity index (χ3v) is 5.17. The molecule has 0 bridgehead atoms. The molecule has 2 aromatic heterocycles. The minimum absolute atomic E-state index is 0.106. The Morgan fingerprint density at radius 1 is 1.38 bits per heavy atom. The molecule has 2 aromatic rings. The molecule has 3 nitrogen and oxygen atoms in total. The second-order valence-electron chi connectivity index (χ2n) is 6.54. The maximum Gasteiger partial charge on any atom is 0.160 e. The van der Waals surface area contributed by atoms with Crippen molar-refractivity contribution in [2.75, 3.05) is 0 Å². The Hall–Kier alpha value is -0.610. The average Bonchev–Trinajstić information content (AvgIpc) is 2.77. The Kier molecular flexibility index (Phi) is 4.28. The second kappa shape index (κ2) is 5.88.